The van der Waals surface area contributed by atoms with Gasteiger partial charge in [0.1, 0.15) is 5.69 Å². The molecule has 0 bridgehead atoms. The molecule has 0 saturated carbocycles. The van der Waals surface area contributed by atoms with Gasteiger partial charge in [-0.2, -0.15) is 0 Å². The summed E-state index contributed by atoms with van der Waals surface area (Å²) >= 11 is 5.59. The first-order chi connectivity index (χ1) is 12.2. The SMILES string of the molecule is CCn1c(SCC(=O)Nc2ccccc2)nnc1-c1ccc(S)cn1. The van der Waals surface area contributed by atoms with Gasteiger partial charge >= 0.3 is 0 Å². The van der Waals surface area contributed by atoms with E-state index >= 15 is 0 Å². The molecular formula is C17H17N5OS2. The van der Waals surface area contributed by atoms with E-state index in [0.29, 0.717) is 17.5 Å². The van der Waals surface area contributed by atoms with Crippen molar-refractivity contribution in [3.63, 3.8) is 0 Å². The summed E-state index contributed by atoms with van der Waals surface area (Å²) in [5.74, 6) is 0.860. The second-order valence-electron chi connectivity index (χ2n) is 5.15. The number of nitrogens with one attached hydrogen (secondary N) is 1. The monoisotopic (exact) mass is 371 g/mol. The lowest BCUT2D eigenvalue weighted by atomic mass is 10.3. The summed E-state index contributed by atoms with van der Waals surface area (Å²) in [7, 11) is 0. The summed E-state index contributed by atoms with van der Waals surface area (Å²) in [6.45, 7) is 2.70. The van der Waals surface area contributed by atoms with Crippen molar-refractivity contribution in [3.8, 4) is 11.5 Å². The molecule has 1 aromatic carbocycles. The molecular weight excluding hydrogens is 354 g/mol. The van der Waals surface area contributed by atoms with Crippen molar-refractivity contribution >= 4 is 36.0 Å². The van der Waals surface area contributed by atoms with Crippen LogP contribution < -0.4 is 5.32 Å². The van der Waals surface area contributed by atoms with Crippen molar-refractivity contribution in [1.82, 2.24) is 19.7 Å². The first-order valence-electron chi connectivity index (χ1n) is 7.73. The molecule has 0 spiro atoms. The van der Waals surface area contributed by atoms with Crippen molar-refractivity contribution in [2.24, 2.45) is 0 Å². The molecule has 0 atom stereocenters. The summed E-state index contributed by atoms with van der Waals surface area (Å²) in [6.07, 6.45) is 1.67. The average molecular weight is 371 g/mol. The van der Waals surface area contributed by atoms with Crippen LogP contribution in [0.2, 0.25) is 0 Å². The third-order valence-electron chi connectivity index (χ3n) is 3.40. The minimum atomic E-state index is -0.0824. The van der Waals surface area contributed by atoms with Crippen LogP contribution in [0.4, 0.5) is 5.69 Å². The quantitative estimate of drug-likeness (QED) is 0.513. The standard InChI is InChI=1S/C17H17N5OS2/c1-2-22-16(14-9-8-13(24)10-18-14)20-21-17(22)25-11-15(23)19-12-6-4-3-5-7-12/h3-10,24H,2,11H2,1H3,(H,19,23). The molecule has 3 rings (SSSR count). The van der Waals surface area contributed by atoms with Crippen molar-refractivity contribution in [1.29, 1.82) is 0 Å². The van der Waals surface area contributed by atoms with E-state index in [1.54, 1.807) is 6.20 Å². The fourth-order valence-electron chi connectivity index (χ4n) is 2.24. The Hall–Kier alpha value is -2.32. The second kappa shape index (κ2) is 8.17. The maximum Gasteiger partial charge on any atom is 0.234 e. The lowest BCUT2D eigenvalue weighted by Gasteiger charge is -2.07. The maximum atomic E-state index is 12.1. The number of thioether (sulfide) groups is 1. The van der Waals surface area contributed by atoms with Gasteiger partial charge in [0.25, 0.3) is 0 Å². The number of carbonyl (C=O) groups is 1. The van der Waals surface area contributed by atoms with Crippen LogP contribution in [-0.4, -0.2) is 31.4 Å². The topological polar surface area (TPSA) is 72.7 Å². The Morgan fingerprint density at radius 2 is 2.00 bits per heavy atom. The fraction of sp³-hybridized carbons (Fsp3) is 0.176. The van der Waals surface area contributed by atoms with Gasteiger partial charge in [0.2, 0.25) is 5.91 Å². The lowest BCUT2D eigenvalue weighted by Crippen LogP contribution is -2.14. The van der Waals surface area contributed by atoms with Gasteiger partial charge in [-0.3, -0.25) is 9.78 Å². The molecule has 1 N–H and O–H groups in total. The van der Waals surface area contributed by atoms with Crippen LogP contribution in [0.15, 0.2) is 58.7 Å². The number of hydrogen-bond acceptors (Lipinski definition) is 6. The Labute approximate surface area is 155 Å². The molecule has 3 aromatic rings. The van der Waals surface area contributed by atoms with Crippen LogP contribution in [0, 0.1) is 0 Å². The van der Waals surface area contributed by atoms with E-state index < -0.39 is 0 Å². The molecule has 6 nitrogen and oxygen atoms in total. The number of carbonyl (C=O) groups excluding carboxylic acids is 1. The number of amides is 1. The van der Waals surface area contributed by atoms with Gasteiger partial charge in [0.15, 0.2) is 11.0 Å². The predicted molar refractivity (Wildman–Crippen MR) is 102 cm³/mol. The normalized spacial score (nSPS) is 10.6. The average Bonchev–Trinajstić information content (AvgIpc) is 3.04. The number of hydrogen-bond donors (Lipinski definition) is 2. The van der Waals surface area contributed by atoms with Crippen molar-refractivity contribution in [2.75, 3.05) is 11.1 Å². The van der Waals surface area contributed by atoms with Gasteiger partial charge in [-0.05, 0) is 31.2 Å². The van der Waals surface area contributed by atoms with Crippen LogP contribution in [0.5, 0.6) is 0 Å². The molecule has 2 aromatic heterocycles. The van der Waals surface area contributed by atoms with E-state index in [0.717, 1.165) is 16.3 Å². The van der Waals surface area contributed by atoms with E-state index in [9.17, 15) is 4.79 Å². The summed E-state index contributed by atoms with van der Waals surface area (Å²) in [6, 6.07) is 13.1. The van der Waals surface area contributed by atoms with Gasteiger partial charge in [-0.25, -0.2) is 0 Å². The number of pyridine rings is 1. The van der Waals surface area contributed by atoms with Gasteiger partial charge in [0.05, 0.1) is 5.75 Å². The van der Waals surface area contributed by atoms with Crippen LogP contribution >= 0.6 is 24.4 Å². The highest BCUT2D eigenvalue weighted by Gasteiger charge is 2.15. The number of para-hydroxylation sites is 1. The molecule has 0 aliphatic rings. The lowest BCUT2D eigenvalue weighted by molar-refractivity contribution is -0.113. The van der Waals surface area contributed by atoms with Gasteiger partial charge in [0, 0.05) is 23.3 Å². The smallest absolute Gasteiger partial charge is 0.234 e. The Morgan fingerprint density at radius 3 is 2.68 bits per heavy atom. The van der Waals surface area contributed by atoms with Gasteiger partial charge in [-0.15, -0.1) is 22.8 Å². The molecule has 0 radical (unpaired) electrons. The fourth-order valence-corrected chi connectivity index (χ4v) is 3.17. The Balaban J connectivity index is 1.69. The number of aromatic nitrogens is 4. The Morgan fingerprint density at radius 1 is 1.20 bits per heavy atom. The van der Waals surface area contributed by atoms with E-state index in [-0.39, 0.29) is 11.7 Å². The van der Waals surface area contributed by atoms with Crippen molar-refractivity contribution in [3.05, 3.63) is 48.7 Å². The highest BCUT2D eigenvalue weighted by atomic mass is 32.2. The molecule has 0 aliphatic carbocycles. The first-order valence-corrected chi connectivity index (χ1v) is 9.17. The molecule has 2 heterocycles. The van der Waals surface area contributed by atoms with Crippen LogP contribution in [0.25, 0.3) is 11.5 Å². The number of thiol groups is 1. The summed E-state index contributed by atoms with van der Waals surface area (Å²) < 4.78 is 1.95. The molecule has 25 heavy (non-hydrogen) atoms. The zero-order chi connectivity index (χ0) is 17.6. The predicted octanol–water partition coefficient (Wildman–Crippen LogP) is 3.38. The molecule has 0 unspecified atom stereocenters. The van der Waals surface area contributed by atoms with Crippen molar-refractivity contribution < 1.29 is 4.79 Å². The first kappa shape index (κ1) is 17.5. The summed E-state index contributed by atoms with van der Waals surface area (Å²) in [4.78, 5) is 17.2. The number of rotatable bonds is 6. The van der Waals surface area contributed by atoms with Crippen LogP contribution in [0.1, 0.15) is 6.92 Å². The molecule has 0 aliphatic heterocycles. The van der Waals surface area contributed by atoms with E-state index in [4.69, 9.17) is 0 Å². The van der Waals surface area contributed by atoms with Gasteiger partial charge in [-0.1, -0.05) is 30.0 Å². The Kier molecular flexibility index (Phi) is 5.72. The highest BCUT2D eigenvalue weighted by Crippen LogP contribution is 2.23. The number of nitrogens with zero attached hydrogens (tertiary/aromatic N) is 4. The molecule has 0 saturated heterocycles. The third-order valence-corrected chi connectivity index (χ3v) is 4.63. The zero-order valence-corrected chi connectivity index (χ0v) is 15.3. The zero-order valence-electron chi connectivity index (χ0n) is 13.6. The van der Waals surface area contributed by atoms with Crippen LogP contribution in [0.3, 0.4) is 0 Å². The minimum absolute atomic E-state index is 0.0824. The van der Waals surface area contributed by atoms with E-state index in [2.05, 4.69) is 33.1 Å². The molecule has 0 fully saturated rings. The van der Waals surface area contributed by atoms with E-state index in [1.807, 2.05) is 54.0 Å². The van der Waals surface area contributed by atoms with E-state index in [1.165, 1.54) is 11.8 Å². The molecule has 128 valence electrons. The number of anilines is 1. The molecule has 1 amide bonds. The summed E-state index contributed by atoms with van der Waals surface area (Å²) in [5, 5.41) is 12.0. The summed E-state index contributed by atoms with van der Waals surface area (Å²) in [5.41, 5.74) is 1.51. The largest absolute Gasteiger partial charge is 0.325 e. The maximum absolute atomic E-state index is 12.1. The second-order valence-corrected chi connectivity index (χ2v) is 6.61. The highest BCUT2D eigenvalue weighted by molar-refractivity contribution is 7.99. The third kappa shape index (κ3) is 4.40. The van der Waals surface area contributed by atoms with Gasteiger partial charge < -0.3 is 9.88 Å². The van der Waals surface area contributed by atoms with Crippen LogP contribution in [-0.2, 0) is 11.3 Å². The van der Waals surface area contributed by atoms with Crippen molar-refractivity contribution in [2.45, 2.75) is 23.5 Å². The molecule has 8 heteroatoms. The number of benzene rings is 1. The Bertz CT molecular complexity index is 849. The minimum Gasteiger partial charge on any atom is -0.325 e.